The molecule has 0 unspecified atom stereocenters. The molecule has 1 aromatic carbocycles. The summed E-state index contributed by atoms with van der Waals surface area (Å²) in [5.74, 6) is -0.850. The van der Waals surface area contributed by atoms with Crippen LogP contribution >= 0.6 is 23.2 Å². The van der Waals surface area contributed by atoms with Gasteiger partial charge in [0.15, 0.2) is 0 Å². The number of carbonyl (C=O) groups is 1. The van der Waals surface area contributed by atoms with Crippen LogP contribution in [0.3, 0.4) is 0 Å². The molecule has 0 spiro atoms. The number of rotatable bonds is 2. The van der Waals surface area contributed by atoms with Crippen molar-refractivity contribution in [3.63, 3.8) is 0 Å². The first-order valence-electron chi connectivity index (χ1n) is 3.18. The van der Waals surface area contributed by atoms with E-state index in [0.717, 1.165) is 6.47 Å². The first-order valence-corrected chi connectivity index (χ1v) is 3.94. The van der Waals surface area contributed by atoms with Crippen molar-refractivity contribution < 1.29 is 14.3 Å². The van der Waals surface area contributed by atoms with Gasteiger partial charge in [0.1, 0.15) is 0 Å². The lowest BCUT2D eigenvalue weighted by Gasteiger charge is -1.99. The Morgan fingerprint density at radius 2 is 2.08 bits per heavy atom. The predicted octanol–water partition coefficient (Wildman–Crippen LogP) is 2.22. The molecule has 3 nitrogen and oxygen atoms in total. The van der Waals surface area contributed by atoms with Crippen LogP contribution in [-0.2, 0) is 9.53 Å². The Morgan fingerprint density at radius 1 is 1.38 bits per heavy atom. The lowest BCUT2D eigenvalue weighted by Crippen LogP contribution is -2.03. The van der Waals surface area contributed by atoms with E-state index < -0.39 is 5.97 Å². The summed E-state index contributed by atoms with van der Waals surface area (Å²) in [4.78, 5) is 20.7. The van der Waals surface area contributed by atoms with Crippen molar-refractivity contribution in [2.45, 2.75) is 0 Å². The molecule has 5 heteroatoms. The number of halogens is 2. The van der Waals surface area contributed by atoms with Gasteiger partial charge in [-0.15, -0.1) is 0 Å². The molecule has 0 bridgehead atoms. The molecule has 0 saturated carbocycles. The molecule has 13 heavy (non-hydrogen) atoms. The third-order valence-electron chi connectivity index (χ3n) is 1.29. The molecule has 0 N–H and O–H groups in total. The minimum Gasteiger partial charge on any atom is -0.381 e. The van der Waals surface area contributed by atoms with Gasteiger partial charge in [-0.25, -0.2) is 9.59 Å². The van der Waals surface area contributed by atoms with Gasteiger partial charge >= 0.3 is 12.4 Å². The van der Waals surface area contributed by atoms with Gasteiger partial charge in [0.25, 0.3) is 0 Å². The highest BCUT2D eigenvalue weighted by Crippen LogP contribution is 2.21. The molecule has 0 aliphatic heterocycles. The standard InChI is InChI=1S/C8H3Cl2O3/c9-5-1-2-6(7(10)3-5)8(12)13-4-11/h1-3H. The summed E-state index contributed by atoms with van der Waals surface area (Å²) in [5.41, 5.74) is 0.0782. The Hall–Kier alpha value is -1.06. The molecule has 0 saturated heterocycles. The van der Waals surface area contributed by atoms with E-state index in [-0.39, 0.29) is 10.6 Å². The Labute approximate surface area is 84.2 Å². The minimum absolute atomic E-state index is 0.0782. The smallest absolute Gasteiger partial charge is 0.381 e. The fourth-order valence-electron chi connectivity index (χ4n) is 0.748. The second kappa shape index (κ2) is 4.25. The van der Waals surface area contributed by atoms with Gasteiger partial charge < -0.3 is 4.74 Å². The van der Waals surface area contributed by atoms with E-state index in [0.29, 0.717) is 5.02 Å². The molecule has 0 heterocycles. The van der Waals surface area contributed by atoms with Crippen LogP contribution in [0.1, 0.15) is 10.4 Å². The molecule has 0 fully saturated rings. The van der Waals surface area contributed by atoms with Gasteiger partial charge in [0.05, 0.1) is 10.6 Å². The van der Waals surface area contributed by atoms with Crippen molar-refractivity contribution in [3.05, 3.63) is 33.8 Å². The zero-order chi connectivity index (χ0) is 9.84. The highest BCUT2D eigenvalue weighted by molar-refractivity contribution is 6.36. The van der Waals surface area contributed by atoms with Crippen LogP contribution in [0, 0.1) is 0 Å². The zero-order valence-corrected chi connectivity index (χ0v) is 7.72. The summed E-state index contributed by atoms with van der Waals surface area (Å²) < 4.78 is 3.98. The summed E-state index contributed by atoms with van der Waals surface area (Å²) in [6.07, 6.45) is 0. The summed E-state index contributed by atoms with van der Waals surface area (Å²) in [6, 6.07) is 4.21. The molecule has 0 aliphatic rings. The van der Waals surface area contributed by atoms with Crippen LogP contribution in [0.15, 0.2) is 18.2 Å². The number of esters is 1. The van der Waals surface area contributed by atoms with E-state index in [1.807, 2.05) is 0 Å². The number of carbonyl (C=O) groups excluding carboxylic acids is 2. The van der Waals surface area contributed by atoms with Crippen molar-refractivity contribution in [2.24, 2.45) is 0 Å². The summed E-state index contributed by atoms with van der Waals surface area (Å²) in [7, 11) is 0. The maximum atomic E-state index is 11.0. The van der Waals surface area contributed by atoms with Crippen LogP contribution in [0.5, 0.6) is 0 Å². The zero-order valence-electron chi connectivity index (χ0n) is 6.21. The highest BCUT2D eigenvalue weighted by Gasteiger charge is 2.11. The number of benzene rings is 1. The van der Waals surface area contributed by atoms with Gasteiger partial charge in [-0.05, 0) is 18.2 Å². The highest BCUT2D eigenvalue weighted by atomic mass is 35.5. The quantitative estimate of drug-likeness (QED) is 0.564. The largest absolute Gasteiger partial charge is 0.425 e. The number of ether oxygens (including phenoxy) is 1. The van der Waals surface area contributed by atoms with Crippen LogP contribution < -0.4 is 0 Å². The SMILES string of the molecule is O=[C]OC(=O)c1ccc(Cl)cc1Cl. The van der Waals surface area contributed by atoms with Crippen LogP contribution in [0.4, 0.5) is 0 Å². The van der Waals surface area contributed by atoms with E-state index in [1.165, 1.54) is 18.2 Å². The van der Waals surface area contributed by atoms with Crippen molar-refractivity contribution in [3.8, 4) is 0 Å². The fraction of sp³-hybridized carbons (Fsp3) is 0. The maximum absolute atomic E-state index is 11.0. The Kier molecular flexibility index (Phi) is 3.28. The number of hydrogen-bond acceptors (Lipinski definition) is 3. The van der Waals surface area contributed by atoms with Crippen LogP contribution in [-0.4, -0.2) is 12.4 Å². The minimum atomic E-state index is -0.850. The molecule has 1 radical (unpaired) electrons. The molecule has 0 aliphatic carbocycles. The van der Waals surface area contributed by atoms with Gasteiger partial charge in [-0.2, -0.15) is 0 Å². The normalized spacial score (nSPS) is 9.38. The second-order valence-electron chi connectivity index (χ2n) is 2.10. The first-order chi connectivity index (χ1) is 6.15. The first kappa shape index (κ1) is 10.0. The van der Waals surface area contributed by atoms with Crippen molar-refractivity contribution in [2.75, 3.05) is 0 Å². The third-order valence-corrected chi connectivity index (χ3v) is 1.83. The average Bonchev–Trinajstić information content (AvgIpc) is 2.04. The Morgan fingerprint density at radius 3 is 2.62 bits per heavy atom. The van der Waals surface area contributed by atoms with Crippen molar-refractivity contribution in [1.82, 2.24) is 0 Å². The summed E-state index contributed by atoms with van der Waals surface area (Å²) in [6.45, 7) is 1.02. The average molecular weight is 218 g/mol. The second-order valence-corrected chi connectivity index (χ2v) is 2.94. The monoisotopic (exact) mass is 217 g/mol. The Balaban J connectivity index is 3.01. The molecule has 1 rings (SSSR count). The van der Waals surface area contributed by atoms with Crippen molar-refractivity contribution >= 4 is 35.6 Å². The predicted molar refractivity (Wildman–Crippen MR) is 47.6 cm³/mol. The van der Waals surface area contributed by atoms with Crippen molar-refractivity contribution in [1.29, 1.82) is 0 Å². The Bertz CT molecular complexity index is 349. The van der Waals surface area contributed by atoms with Gasteiger partial charge in [0, 0.05) is 5.02 Å². The van der Waals surface area contributed by atoms with Crippen LogP contribution in [0.25, 0.3) is 0 Å². The number of hydrogen-bond donors (Lipinski definition) is 0. The molecule has 67 valence electrons. The van der Waals surface area contributed by atoms with E-state index >= 15 is 0 Å². The third kappa shape index (κ3) is 2.44. The van der Waals surface area contributed by atoms with Gasteiger partial charge in [0.2, 0.25) is 0 Å². The van der Waals surface area contributed by atoms with Gasteiger partial charge in [-0.1, -0.05) is 23.2 Å². The molecule has 0 atom stereocenters. The van der Waals surface area contributed by atoms with Crippen LogP contribution in [0.2, 0.25) is 10.0 Å². The maximum Gasteiger partial charge on any atom is 0.425 e. The van der Waals surface area contributed by atoms with E-state index in [2.05, 4.69) is 4.74 Å². The molecular weight excluding hydrogens is 215 g/mol. The van der Waals surface area contributed by atoms with E-state index in [9.17, 15) is 9.59 Å². The van der Waals surface area contributed by atoms with Gasteiger partial charge in [-0.3, -0.25) is 0 Å². The molecule has 1 aromatic rings. The molecule has 0 amide bonds. The lowest BCUT2D eigenvalue weighted by molar-refractivity contribution is 0.0710. The van der Waals surface area contributed by atoms with E-state index in [4.69, 9.17) is 23.2 Å². The molecule has 0 aromatic heterocycles. The fourth-order valence-corrected chi connectivity index (χ4v) is 1.23. The topological polar surface area (TPSA) is 43.4 Å². The van der Waals surface area contributed by atoms with E-state index in [1.54, 1.807) is 0 Å². The summed E-state index contributed by atoms with van der Waals surface area (Å²) >= 11 is 11.2. The molecular formula is C8H3Cl2O3. The summed E-state index contributed by atoms with van der Waals surface area (Å²) in [5, 5.41) is 0.532. The lowest BCUT2D eigenvalue weighted by atomic mass is 10.2.